The normalized spacial score (nSPS) is 19.7. The van der Waals surface area contributed by atoms with E-state index in [0.717, 1.165) is 9.09 Å². The van der Waals surface area contributed by atoms with E-state index in [1.54, 1.807) is 29.8 Å². The van der Waals surface area contributed by atoms with E-state index in [1.807, 2.05) is 17.5 Å². The number of carbonyl (C=O) groups is 3. The lowest BCUT2D eigenvalue weighted by Gasteiger charge is -2.49. The third-order valence-electron chi connectivity index (χ3n) is 5.37. The molecule has 2 amide bonds. The highest BCUT2D eigenvalue weighted by Crippen LogP contribution is 2.41. The number of aliphatic carboxylic acids is 1. The zero-order valence-corrected chi connectivity index (χ0v) is 21.1. The molecular weight excluding hydrogens is 527 g/mol. The minimum atomic E-state index is -1.20. The van der Waals surface area contributed by atoms with Gasteiger partial charge in [-0.1, -0.05) is 17.8 Å². The number of carboxylic acid groups (broad SMARTS) is 1. The summed E-state index contributed by atoms with van der Waals surface area (Å²) in [6.45, 7) is 0. The number of allylic oxidation sites excluding steroid dienone is 1. The topological polar surface area (TPSA) is 117 Å². The van der Waals surface area contributed by atoms with Gasteiger partial charge >= 0.3 is 5.97 Å². The molecular formula is C23H17N3O5S4. The van der Waals surface area contributed by atoms with Crippen LogP contribution in [-0.4, -0.2) is 49.9 Å². The molecule has 0 bridgehead atoms. The Hall–Kier alpha value is -2.93. The number of thioether (sulfide) groups is 2. The molecule has 0 spiro atoms. The Kier molecular flexibility index (Phi) is 6.78. The highest BCUT2D eigenvalue weighted by atomic mass is 32.2. The van der Waals surface area contributed by atoms with Crippen molar-refractivity contribution in [3.05, 3.63) is 79.8 Å². The van der Waals surface area contributed by atoms with Crippen LogP contribution in [0.3, 0.4) is 0 Å². The minimum Gasteiger partial charge on any atom is -0.477 e. The quantitative estimate of drug-likeness (QED) is 0.344. The van der Waals surface area contributed by atoms with E-state index < -0.39 is 23.3 Å². The third-order valence-corrected chi connectivity index (χ3v) is 9.55. The molecule has 2 N–H and O–H groups in total. The van der Waals surface area contributed by atoms with E-state index in [2.05, 4.69) is 10.3 Å². The number of aromatic nitrogens is 1. The van der Waals surface area contributed by atoms with E-state index >= 15 is 0 Å². The molecule has 0 radical (unpaired) electrons. The van der Waals surface area contributed by atoms with Gasteiger partial charge in [-0.3, -0.25) is 19.3 Å². The van der Waals surface area contributed by atoms with Crippen molar-refractivity contribution in [1.82, 2.24) is 15.2 Å². The third kappa shape index (κ3) is 4.79. The summed E-state index contributed by atoms with van der Waals surface area (Å²) in [5.74, 6) is -1.52. The summed E-state index contributed by atoms with van der Waals surface area (Å²) in [5.41, 5.74) is 0.296. The number of pyridine rings is 1. The Morgan fingerprint density at radius 1 is 1.29 bits per heavy atom. The molecule has 12 heteroatoms. The molecule has 2 atom stereocenters. The summed E-state index contributed by atoms with van der Waals surface area (Å²) in [5, 5.41) is 16.3. The molecule has 5 heterocycles. The molecule has 1 unspecified atom stereocenters. The average Bonchev–Trinajstić information content (AvgIpc) is 3.35. The standard InChI is InChI=1S/C23H17N3O5S4/c27-15-10-17(35-20-14(15)4-1-6-24-20)33-8-5-12-11-34-22-18(21(29)26(22)19(12)23(30)31)25-16(28)9-13-3-2-7-32-13/h1-8,10,18,22H,9,11H2,(H,25,28)(H,30,31)/t18?,22-/m0/s1. The first-order valence-corrected chi connectivity index (χ1v) is 14.0. The number of rotatable bonds is 7. The first-order chi connectivity index (χ1) is 16.9. The summed E-state index contributed by atoms with van der Waals surface area (Å²) in [6, 6.07) is 7.94. The number of β-lactam (4-membered cyclic amide) rings is 1. The lowest BCUT2D eigenvalue weighted by molar-refractivity contribution is -0.150. The molecule has 3 aromatic rings. The number of carboxylic acids is 1. The Morgan fingerprint density at radius 3 is 2.91 bits per heavy atom. The smallest absolute Gasteiger partial charge is 0.352 e. The second-order valence-corrected chi connectivity index (χ2v) is 12.0. The van der Waals surface area contributed by atoms with Gasteiger partial charge in [0.1, 0.15) is 21.9 Å². The van der Waals surface area contributed by atoms with E-state index in [-0.39, 0.29) is 23.5 Å². The van der Waals surface area contributed by atoms with Gasteiger partial charge in [-0.25, -0.2) is 9.78 Å². The lowest BCUT2D eigenvalue weighted by atomic mass is 10.0. The number of hydrogen-bond acceptors (Lipinski definition) is 9. The van der Waals surface area contributed by atoms with E-state index in [4.69, 9.17) is 0 Å². The maximum absolute atomic E-state index is 12.8. The fourth-order valence-corrected chi connectivity index (χ4v) is 7.69. The lowest BCUT2D eigenvalue weighted by Crippen LogP contribution is -2.70. The van der Waals surface area contributed by atoms with E-state index in [0.29, 0.717) is 21.5 Å². The average molecular weight is 544 g/mol. The van der Waals surface area contributed by atoms with Crippen LogP contribution in [0.5, 0.6) is 0 Å². The van der Waals surface area contributed by atoms with Crippen LogP contribution in [-0.2, 0) is 20.8 Å². The van der Waals surface area contributed by atoms with Crippen LogP contribution in [0, 0.1) is 0 Å². The number of amides is 2. The van der Waals surface area contributed by atoms with Crippen molar-refractivity contribution in [2.45, 2.75) is 22.0 Å². The van der Waals surface area contributed by atoms with Crippen molar-refractivity contribution in [2.24, 2.45) is 0 Å². The summed E-state index contributed by atoms with van der Waals surface area (Å²) in [7, 11) is 0. The maximum atomic E-state index is 12.8. The highest BCUT2D eigenvalue weighted by molar-refractivity contribution is 8.04. The van der Waals surface area contributed by atoms with Gasteiger partial charge in [0.05, 0.1) is 16.0 Å². The zero-order chi connectivity index (χ0) is 24.5. The highest BCUT2D eigenvalue weighted by Gasteiger charge is 2.53. The molecule has 35 heavy (non-hydrogen) atoms. The number of nitrogens with zero attached hydrogens (tertiary/aromatic N) is 2. The fraction of sp³-hybridized carbons (Fsp3) is 0.174. The fourth-order valence-electron chi connectivity index (χ4n) is 3.78. The van der Waals surface area contributed by atoms with Gasteiger partial charge in [0.15, 0.2) is 5.43 Å². The van der Waals surface area contributed by atoms with Crippen molar-refractivity contribution >= 4 is 74.2 Å². The van der Waals surface area contributed by atoms with Crippen molar-refractivity contribution in [3.8, 4) is 0 Å². The number of thiophene rings is 1. The maximum Gasteiger partial charge on any atom is 0.352 e. The molecule has 0 aliphatic carbocycles. The van der Waals surface area contributed by atoms with E-state index in [1.165, 1.54) is 57.2 Å². The van der Waals surface area contributed by atoms with Gasteiger partial charge in [0.25, 0.3) is 5.91 Å². The predicted octanol–water partition coefficient (Wildman–Crippen LogP) is 3.31. The van der Waals surface area contributed by atoms with Crippen molar-refractivity contribution in [3.63, 3.8) is 0 Å². The van der Waals surface area contributed by atoms with Crippen molar-refractivity contribution in [2.75, 3.05) is 5.75 Å². The zero-order valence-electron chi connectivity index (χ0n) is 17.9. The minimum absolute atomic E-state index is 0.0762. The monoisotopic (exact) mass is 543 g/mol. The van der Waals surface area contributed by atoms with Crippen LogP contribution < -0.4 is 10.7 Å². The van der Waals surface area contributed by atoms with E-state index in [9.17, 15) is 24.3 Å². The Balaban J connectivity index is 1.30. The molecule has 0 saturated carbocycles. The van der Waals surface area contributed by atoms with Gasteiger partial charge < -0.3 is 10.4 Å². The van der Waals surface area contributed by atoms with Gasteiger partial charge in [-0.2, -0.15) is 0 Å². The van der Waals surface area contributed by atoms with Gasteiger partial charge in [-0.15, -0.1) is 34.4 Å². The van der Waals surface area contributed by atoms with Crippen LogP contribution in [0.2, 0.25) is 0 Å². The molecule has 1 saturated heterocycles. The van der Waals surface area contributed by atoms with Gasteiger partial charge in [0, 0.05) is 22.9 Å². The summed E-state index contributed by atoms with van der Waals surface area (Å²) in [4.78, 5) is 56.5. The first-order valence-electron chi connectivity index (χ1n) is 10.4. The summed E-state index contributed by atoms with van der Waals surface area (Å²) in [6.07, 6.45) is 3.47. The van der Waals surface area contributed by atoms with Crippen molar-refractivity contribution < 1.29 is 19.5 Å². The number of carbonyl (C=O) groups excluding carboxylic acids is 2. The van der Waals surface area contributed by atoms with Crippen LogP contribution in [0.4, 0.5) is 0 Å². The molecule has 5 rings (SSSR count). The first kappa shape index (κ1) is 23.8. The van der Waals surface area contributed by atoms with Gasteiger partial charge in [0.2, 0.25) is 5.91 Å². The SMILES string of the molecule is O=C(Cc1cccs1)NC1C(=O)N2C(C(=O)O)=C(C=CSc3cc(=O)c4cccnc4s3)CS[C@@H]12. The summed E-state index contributed by atoms with van der Waals surface area (Å²) < 4.78 is 0.727. The molecule has 2 aliphatic rings. The van der Waals surface area contributed by atoms with Crippen molar-refractivity contribution in [1.29, 1.82) is 0 Å². The number of fused-ring (bicyclic) bond motifs is 2. The van der Waals surface area contributed by atoms with Crippen LogP contribution in [0.1, 0.15) is 4.88 Å². The summed E-state index contributed by atoms with van der Waals surface area (Å²) >= 11 is 5.54. The van der Waals surface area contributed by atoms with Crippen LogP contribution in [0.15, 0.2) is 73.7 Å². The Morgan fingerprint density at radius 2 is 2.14 bits per heavy atom. The molecule has 3 aromatic heterocycles. The second-order valence-electron chi connectivity index (χ2n) is 7.60. The largest absolute Gasteiger partial charge is 0.477 e. The Bertz CT molecular complexity index is 1450. The van der Waals surface area contributed by atoms with Crippen LogP contribution >= 0.6 is 46.2 Å². The van der Waals surface area contributed by atoms with Crippen LogP contribution in [0.25, 0.3) is 10.2 Å². The predicted molar refractivity (Wildman–Crippen MR) is 139 cm³/mol. The molecule has 0 aromatic carbocycles. The number of hydrogen-bond donors (Lipinski definition) is 2. The number of nitrogens with one attached hydrogen (secondary N) is 1. The molecule has 178 valence electrons. The molecule has 8 nitrogen and oxygen atoms in total. The Labute approximate surface area is 215 Å². The second kappa shape index (κ2) is 9.97. The molecule has 2 aliphatic heterocycles. The van der Waals surface area contributed by atoms with Gasteiger partial charge in [-0.05, 0) is 40.6 Å². The molecule has 1 fully saturated rings.